The number of carbonyl (C=O) groups is 1. The molecule has 2 aromatic rings. The van der Waals surface area contributed by atoms with Crippen molar-refractivity contribution < 1.29 is 28.2 Å². The first-order chi connectivity index (χ1) is 10.7. The van der Waals surface area contributed by atoms with Crippen LogP contribution >= 0.6 is 11.6 Å². The SMILES string of the molecule is O=C(O)Nc1ccc(Cl)cc1C(O)c1ccccc1C(F)(F)F. The Labute approximate surface area is 134 Å². The molecule has 4 nitrogen and oxygen atoms in total. The van der Waals surface area contributed by atoms with Gasteiger partial charge >= 0.3 is 12.3 Å². The number of amides is 1. The van der Waals surface area contributed by atoms with Gasteiger partial charge in [-0.15, -0.1) is 0 Å². The molecule has 0 aliphatic carbocycles. The highest BCUT2D eigenvalue weighted by Crippen LogP contribution is 2.38. The molecule has 1 atom stereocenters. The third-order valence-corrected chi connectivity index (χ3v) is 3.35. The van der Waals surface area contributed by atoms with Crippen LogP contribution in [0.3, 0.4) is 0 Å². The Hall–Kier alpha value is -2.25. The Kier molecular flexibility index (Phi) is 4.82. The van der Waals surface area contributed by atoms with Gasteiger partial charge in [0.1, 0.15) is 6.10 Å². The Morgan fingerprint density at radius 2 is 1.78 bits per heavy atom. The molecular formula is C15H11ClF3NO3. The first-order valence-electron chi connectivity index (χ1n) is 6.33. The zero-order chi connectivity index (χ0) is 17.2. The molecular weight excluding hydrogens is 335 g/mol. The fraction of sp³-hybridized carbons (Fsp3) is 0.133. The van der Waals surface area contributed by atoms with Crippen LogP contribution in [-0.4, -0.2) is 16.3 Å². The minimum absolute atomic E-state index is 0.0497. The van der Waals surface area contributed by atoms with Crippen molar-refractivity contribution in [1.82, 2.24) is 0 Å². The van der Waals surface area contributed by atoms with Gasteiger partial charge in [0.2, 0.25) is 0 Å². The average molecular weight is 346 g/mol. The zero-order valence-corrected chi connectivity index (χ0v) is 12.2. The molecule has 2 rings (SSSR count). The van der Waals surface area contributed by atoms with Crippen LogP contribution in [0.5, 0.6) is 0 Å². The largest absolute Gasteiger partial charge is 0.465 e. The smallest absolute Gasteiger partial charge is 0.416 e. The Morgan fingerprint density at radius 3 is 2.39 bits per heavy atom. The van der Waals surface area contributed by atoms with Crippen molar-refractivity contribution in [3.63, 3.8) is 0 Å². The summed E-state index contributed by atoms with van der Waals surface area (Å²) in [6, 6.07) is 8.36. The van der Waals surface area contributed by atoms with Crippen molar-refractivity contribution in [2.24, 2.45) is 0 Å². The Morgan fingerprint density at radius 1 is 1.13 bits per heavy atom. The van der Waals surface area contributed by atoms with E-state index in [1.807, 2.05) is 5.32 Å². The molecule has 0 aromatic heterocycles. The lowest BCUT2D eigenvalue weighted by Crippen LogP contribution is -2.15. The van der Waals surface area contributed by atoms with Gasteiger partial charge in [-0.3, -0.25) is 5.32 Å². The van der Waals surface area contributed by atoms with E-state index in [4.69, 9.17) is 16.7 Å². The summed E-state index contributed by atoms with van der Waals surface area (Å²) < 4.78 is 39.2. The van der Waals surface area contributed by atoms with E-state index in [0.29, 0.717) is 0 Å². The van der Waals surface area contributed by atoms with Crippen LogP contribution in [0.25, 0.3) is 0 Å². The number of rotatable bonds is 3. The van der Waals surface area contributed by atoms with Gasteiger partial charge in [0.25, 0.3) is 0 Å². The topological polar surface area (TPSA) is 69.6 Å². The summed E-state index contributed by atoms with van der Waals surface area (Å²) in [5.41, 5.74) is -1.52. The van der Waals surface area contributed by atoms with E-state index in [2.05, 4.69) is 0 Å². The second-order valence-corrected chi connectivity index (χ2v) is 5.09. The third-order valence-electron chi connectivity index (χ3n) is 3.11. The van der Waals surface area contributed by atoms with E-state index in [1.54, 1.807) is 0 Å². The summed E-state index contributed by atoms with van der Waals surface area (Å²) in [5.74, 6) is 0. The zero-order valence-electron chi connectivity index (χ0n) is 11.4. The molecule has 0 fully saturated rings. The predicted octanol–water partition coefficient (Wildman–Crippen LogP) is 4.53. The van der Waals surface area contributed by atoms with E-state index in [-0.39, 0.29) is 16.3 Å². The molecule has 0 heterocycles. The average Bonchev–Trinajstić information content (AvgIpc) is 2.47. The van der Waals surface area contributed by atoms with E-state index in [1.165, 1.54) is 30.3 Å². The molecule has 0 spiro atoms. The van der Waals surface area contributed by atoms with Gasteiger partial charge < -0.3 is 10.2 Å². The van der Waals surface area contributed by atoms with Gasteiger partial charge in [0.15, 0.2) is 0 Å². The van der Waals surface area contributed by atoms with Crippen molar-refractivity contribution in [3.8, 4) is 0 Å². The first-order valence-corrected chi connectivity index (χ1v) is 6.71. The highest BCUT2D eigenvalue weighted by molar-refractivity contribution is 6.30. The molecule has 0 bridgehead atoms. The standard InChI is InChI=1S/C15H11ClF3NO3/c16-8-5-6-12(20-14(22)23)10(7-8)13(21)9-3-1-2-4-11(9)15(17,18)19/h1-7,13,20-21H,(H,22,23). The van der Waals surface area contributed by atoms with Crippen molar-refractivity contribution in [2.75, 3.05) is 5.32 Å². The molecule has 8 heteroatoms. The van der Waals surface area contributed by atoms with E-state index in [9.17, 15) is 23.1 Å². The highest BCUT2D eigenvalue weighted by atomic mass is 35.5. The molecule has 2 aromatic carbocycles. The normalized spacial score (nSPS) is 12.7. The Bertz CT molecular complexity index is 734. The van der Waals surface area contributed by atoms with Gasteiger partial charge in [0.05, 0.1) is 11.3 Å². The Balaban J connectivity index is 2.55. The lowest BCUT2D eigenvalue weighted by atomic mass is 9.95. The maximum absolute atomic E-state index is 13.1. The van der Waals surface area contributed by atoms with E-state index >= 15 is 0 Å². The third kappa shape index (κ3) is 3.94. The molecule has 1 amide bonds. The quantitative estimate of drug-likeness (QED) is 0.765. The number of nitrogens with one attached hydrogen (secondary N) is 1. The maximum Gasteiger partial charge on any atom is 0.416 e. The summed E-state index contributed by atoms with van der Waals surface area (Å²) in [6.45, 7) is 0. The number of carboxylic acid groups (broad SMARTS) is 1. The van der Waals surface area contributed by atoms with Crippen molar-refractivity contribution in [2.45, 2.75) is 12.3 Å². The monoisotopic (exact) mass is 345 g/mol. The fourth-order valence-corrected chi connectivity index (χ4v) is 2.33. The number of aliphatic hydroxyl groups excluding tert-OH is 1. The summed E-state index contributed by atoms with van der Waals surface area (Å²) in [5, 5.41) is 21.3. The van der Waals surface area contributed by atoms with E-state index in [0.717, 1.165) is 12.1 Å². The number of benzene rings is 2. The summed E-state index contributed by atoms with van der Waals surface area (Å²) in [4.78, 5) is 10.8. The van der Waals surface area contributed by atoms with Gasteiger partial charge in [-0.2, -0.15) is 13.2 Å². The van der Waals surface area contributed by atoms with Crippen LogP contribution in [0.4, 0.5) is 23.7 Å². The van der Waals surface area contributed by atoms with Crippen LogP contribution in [0.15, 0.2) is 42.5 Å². The number of alkyl halides is 3. The van der Waals surface area contributed by atoms with Crippen LogP contribution in [0.1, 0.15) is 22.8 Å². The number of aliphatic hydroxyl groups is 1. The van der Waals surface area contributed by atoms with Gasteiger partial charge in [-0.05, 0) is 29.8 Å². The highest BCUT2D eigenvalue weighted by Gasteiger charge is 2.35. The predicted molar refractivity (Wildman–Crippen MR) is 78.6 cm³/mol. The van der Waals surface area contributed by atoms with Crippen LogP contribution in [0, 0.1) is 0 Å². The number of hydrogen-bond acceptors (Lipinski definition) is 2. The molecule has 0 aliphatic rings. The minimum atomic E-state index is -4.66. The number of halogens is 4. The minimum Gasteiger partial charge on any atom is -0.465 e. The molecule has 0 saturated carbocycles. The molecule has 1 unspecified atom stereocenters. The van der Waals surface area contributed by atoms with Crippen molar-refractivity contribution in [3.05, 3.63) is 64.2 Å². The lowest BCUT2D eigenvalue weighted by molar-refractivity contribution is -0.139. The molecule has 0 aliphatic heterocycles. The number of anilines is 1. The van der Waals surface area contributed by atoms with Gasteiger partial charge in [-0.25, -0.2) is 4.79 Å². The summed E-state index contributed by atoms with van der Waals surface area (Å²) in [7, 11) is 0. The van der Waals surface area contributed by atoms with Crippen molar-refractivity contribution >= 4 is 23.4 Å². The molecule has 0 radical (unpaired) electrons. The first kappa shape index (κ1) is 17.1. The van der Waals surface area contributed by atoms with Crippen LogP contribution < -0.4 is 5.32 Å². The summed E-state index contributed by atoms with van der Waals surface area (Å²) >= 11 is 5.81. The fourth-order valence-electron chi connectivity index (χ4n) is 2.15. The van der Waals surface area contributed by atoms with Crippen molar-refractivity contribution in [1.29, 1.82) is 0 Å². The van der Waals surface area contributed by atoms with E-state index < -0.39 is 29.5 Å². The number of hydrogen-bond donors (Lipinski definition) is 3. The van der Waals surface area contributed by atoms with Gasteiger partial charge in [-0.1, -0.05) is 29.8 Å². The second-order valence-electron chi connectivity index (χ2n) is 4.65. The van der Waals surface area contributed by atoms with Crippen LogP contribution in [0.2, 0.25) is 5.02 Å². The lowest BCUT2D eigenvalue weighted by Gasteiger charge is -2.20. The molecule has 3 N–H and O–H groups in total. The molecule has 0 saturated heterocycles. The molecule has 23 heavy (non-hydrogen) atoms. The van der Waals surface area contributed by atoms with Gasteiger partial charge in [0, 0.05) is 10.6 Å². The molecule has 122 valence electrons. The second kappa shape index (κ2) is 6.47. The summed E-state index contributed by atoms with van der Waals surface area (Å²) in [6.07, 6.45) is -7.77. The maximum atomic E-state index is 13.1. The van der Waals surface area contributed by atoms with Crippen LogP contribution in [-0.2, 0) is 6.18 Å².